The smallest absolute Gasteiger partial charge is 0.462 e. The number of phosphoric ester groups is 2. The molecule has 3 N–H and O–H groups in total. The molecule has 0 fully saturated rings. The first-order valence-corrected chi connectivity index (χ1v) is 43.6. The summed E-state index contributed by atoms with van der Waals surface area (Å²) in [6, 6.07) is 0. The monoisotopic (exact) mass is 1430 g/mol. The van der Waals surface area contributed by atoms with Gasteiger partial charge in [0.25, 0.3) is 0 Å². The molecule has 578 valence electrons. The Kier molecular flexibility index (Phi) is 71.0. The van der Waals surface area contributed by atoms with Crippen LogP contribution in [0.1, 0.15) is 400 Å². The number of aliphatic hydroxyl groups excluding tert-OH is 1. The number of ether oxygens (including phenoxy) is 4. The van der Waals surface area contributed by atoms with Crippen molar-refractivity contribution in [1.82, 2.24) is 0 Å². The normalized spacial score (nSPS) is 14.0. The third-order valence-corrected chi connectivity index (χ3v) is 19.8. The van der Waals surface area contributed by atoms with Gasteiger partial charge in [0.2, 0.25) is 0 Å². The third kappa shape index (κ3) is 71.9. The maximum Gasteiger partial charge on any atom is 0.472 e. The molecular formula is C79H150O17P2. The molecule has 0 bridgehead atoms. The number of phosphoric acid groups is 2. The number of rotatable bonds is 78. The molecule has 17 nitrogen and oxygen atoms in total. The summed E-state index contributed by atoms with van der Waals surface area (Å²) in [4.78, 5) is 73.0. The van der Waals surface area contributed by atoms with Crippen molar-refractivity contribution in [2.45, 2.75) is 418 Å². The van der Waals surface area contributed by atoms with Crippen molar-refractivity contribution in [3.8, 4) is 0 Å². The van der Waals surface area contributed by atoms with E-state index in [9.17, 15) is 43.2 Å². The van der Waals surface area contributed by atoms with Gasteiger partial charge in [0.05, 0.1) is 26.4 Å². The fraction of sp³-hybridized carbons (Fsp3) is 0.899. The number of hydrogen-bond acceptors (Lipinski definition) is 15. The predicted octanol–water partition coefficient (Wildman–Crippen LogP) is 23.3. The summed E-state index contributed by atoms with van der Waals surface area (Å²) in [5, 5.41) is 10.6. The summed E-state index contributed by atoms with van der Waals surface area (Å²) in [6.45, 7) is 4.95. The van der Waals surface area contributed by atoms with Gasteiger partial charge >= 0.3 is 39.5 Å². The van der Waals surface area contributed by atoms with E-state index < -0.39 is 97.5 Å². The van der Waals surface area contributed by atoms with E-state index in [-0.39, 0.29) is 25.7 Å². The van der Waals surface area contributed by atoms with Crippen molar-refractivity contribution in [2.75, 3.05) is 39.6 Å². The zero-order chi connectivity index (χ0) is 71.8. The van der Waals surface area contributed by atoms with Crippen molar-refractivity contribution < 1.29 is 80.2 Å². The molecule has 0 aliphatic heterocycles. The molecule has 0 radical (unpaired) electrons. The van der Waals surface area contributed by atoms with Crippen molar-refractivity contribution in [3.05, 3.63) is 24.3 Å². The molecule has 0 rings (SSSR count). The van der Waals surface area contributed by atoms with E-state index in [0.717, 1.165) is 128 Å². The lowest BCUT2D eigenvalue weighted by Gasteiger charge is -2.21. The summed E-state index contributed by atoms with van der Waals surface area (Å²) in [7, 11) is -9.93. The Bertz CT molecular complexity index is 1950. The van der Waals surface area contributed by atoms with Gasteiger partial charge in [-0.15, -0.1) is 0 Å². The van der Waals surface area contributed by atoms with E-state index in [4.69, 9.17) is 37.0 Å². The number of carbonyl (C=O) groups excluding carboxylic acids is 4. The summed E-state index contributed by atoms with van der Waals surface area (Å²) in [5.74, 6) is -2.14. The van der Waals surface area contributed by atoms with Crippen molar-refractivity contribution in [1.29, 1.82) is 0 Å². The van der Waals surface area contributed by atoms with Crippen molar-refractivity contribution in [2.24, 2.45) is 0 Å². The highest BCUT2D eigenvalue weighted by molar-refractivity contribution is 7.47. The second kappa shape index (κ2) is 72.9. The van der Waals surface area contributed by atoms with E-state index in [2.05, 4.69) is 52.0 Å². The highest BCUT2D eigenvalue weighted by Gasteiger charge is 2.30. The lowest BCUT2D eigenvalue weighted by atomic mass is 10.0. The molecule has 0 saturated heterocycles. The van der Waals surface area contributed by atoms with Gasteiger partial charge in [0.1, 0.15) is 19.3 Å². The van der Waals surface area contributed by atoms with Crippen LogP contribution in [0.15, 0.2) is 24.3 Å². The lowest BCUT2D eigenvalue weighted by Crippen LogP contribution is -2.30. The van der Waals surface area contributed by atoms with Crippen LogP contribution >= 0.6 is 15.6 Å². The summed E-state index contributed by atoms with van der Waals surface area (Å²) >= 11 is 0. The Morgan fingerprint density at radius 3 is 0.714 bits per heavy atom. The average Bonchev–Trinajstić information content (AvgIpc) is 0.977. The van der Waals surface area contributed by atoms with Gasteiger partial charge in [0.15, 0.2) is 12.2 Å². The maximum atomic E-state index is 13.1. The fourth-order valence-corrected chi connectivity index (χ4v) is 13.3. The van der Waals surface area contributed by atoms with Gasteiger partial charge in [-0.05, 0) is 77.0 Å². The maximum absolute atomic E-state index is 13.1. The van der Waals surface area contributed by atoms with E-state index in [1.165, 1.54) is 193 Å². The summed E-state index contributed by atoms with van der Waals surface area (Å²) in [6.07, 6.45) is 67.2. The number of hydrogen-bond donors (Lipinski definition) is 3. The zero-order valence-corrected chi connectivity index (χ0v) is 65.0. The van der Waals surface area contributed by atoms with E-state index in [1.807, 2.05) is 0 Å². The molecule has 0 amide bonds. The van der Waals surface area contributed by atoms with Crippen LogP contribution in [0.5, 0.6) is 0 Å². The third-order valence-electron chi connectivity index (χ3n) is 17.9. The van der Waals surface area contributed by atoms with Crippen LogP contribution in [0.2, 0.25) is 0 Å². The highest BCUT2D eigenvalue weighted by atomic mass is 31.2. The first kappa shape index (κ1) is 95.5. The molecule has 0 aliphatic rings. The molecule has 0 heterocycles. The van der Waals surface area contributed by atoms with Crippen LogP contribution in [-0.4, -0.2) is 96.7 Å². The van der Waals surface area contributed by atoms with Gasteiger partial charge < -0.3 is 33.8 Å². The number of allylic oxidation sites excluding steroid dienone is 4. The Morgan fingerprint density at radius 1 is 0.276 bits per heavy atom. The predicted molar refractivity (Wildman–Crippen MR) is 400 cm³/mol. The SMILES string of the molecule is CCCCCC/C=C\CCCCCCCC(=O)OC[C@H](COP(=O)(O)OC[C@H](O)COP(=O)(O)OC[C@@H](COC(=O)CCCCCCC/C=C\CCCCCCCC)OC(=O)CCCCCCCCCCCCCCCCC)OC(=O)CCCCCCCCCCCCCCCCC. The van der Waals surface area contributed by atoms with Crippen LogP contribution in [0.25, 0.3) is 0 Å². The molecule has 0 aromatic rings. The van der Waals surface area contributed by atoms with Crippen LogP contribution in [0.3, 0.4) is 0 Å². The van der Waals surface area contributed by atoms with Crippen molar-refractivity contribution >= 4 is 39.5 Å². The topological polar surface area (TPSA) is 237 Å². The first-order valence-electron chi connectivity index (χ1n) is 40.6. The number of aliphatic hydroxyl groups is 1. The van der Waals surface area contributed by atoms with E-state index >= 15 is 0 Å². The number of esters is 4. The summed E-state index contributed by atoms with van der Waals surface area (Å²) < 4.78 is 68.6. The fourth-order valence-electron chi connectivity index (χ4n) is 11.7. The second-order valence-corrected chi connectivity index (χ2v) is 30.6. The molecule has 5 atom stereocenters. The molecule has 2 unspecified atom stereocenters. The van der Waals surface area contributed by atoms with Crippen LogP contribution in [0.4, 0.5) is 0 Å². The van der Waals surface area contributed by atoms with Gasteiger partial charge in [-0.1, -0.05) is 322 Å². The van der Waals surface area contributed by atoms with Gasteiger partial charge in [-0.25, -0.2) is 9.13 Å². The Balaban J connectivity index is 5.30. The molecule has 0 aromatic heterocycles. The minimum absolute atomic E-state index is 0.104. The minimum atomic E-state index is -4.96. The standard InChI is InChI=1S/C79H150O17P2/c1-5-9-13-17-21-25-29-33-36-40-44-48-52-56-60-64-77(82)90-70-75(96-79(84)66-62-58-54-50-46-42-38-35-31-27-23-19-15-11-7-3)72-94-98(87,88)92-68-73(80)67-91-97(85,86)93-71-74(69-89-76(81)63-59-55-51-47-43-39-32-28-24-20-16-12-8-4)95-78(83)65-61-57-53-49-45-41-37-34-30-26-22-18-14-10-6-2/h28,32-33,36,73-75,80H,5-27,29-31,34-35,37-72H2,1-4H3,(H,85,86)(H,87,88)/b32-28-,36-33-/t73-,74+,75+/m0/s1. The van der Waals surface area contributed by atoms with E-state index in [1.54, 1.807) is 0 Å². The molecule has 0 aliphatic carbocycles. The Morgan fingerprint density at radius 2 is 0.469 bits per heavy atom. The second-order valence-electron chi connectivity index (χ2n) is 27.7. The van der Waals surface area contributed by atoms with Crippen molar-refractivity contribution in [3.63, 3.8) is 0 Å². The lowest BCUT2D eigenvalue weighted by molar-refractivity contribution is -0.161. The molecule has 98 heavy (non-hydrogen) atoms. The van der Waals surface area contributed by atoms with Crippen LogP contribution < -0.4 is 0 Å². The Labute approximate surface area is 599 Å². The van der Waals surface area contributed by atoms with Gasteiger partial charge in [0, 0.05) is 25.7 Å². The van der Waals surface area contributed by atoms with Gasteiger partial charge in [-0.2, -0.15) is 0 Å². The molecule has 19 heteroatoms. The molecular weight excluding hydrogens is 1280 g/mol. The Hall–Kier alpha value is -2.46. The molecule has 0 aromatic carbocycles. The molecule has 0 spiro atoms. The highest BCUT2D eigenvalue weighted by Crippen LogP contribution is 2.45. The quantitative estimate of drug-likeness (QED) is 0.0169. The molecule has 0 saturated carbocycles. The minimum Gasteiger partial charge on any atom is -0.462 e. The number of carbonyl (C=O) groups is 4. The first-order chi connectivity index (χ1) is 47.7. The van der Waals surface area contributed by atoms with Crippen LogP contribution in [0, 0.1) is 0 Å². The van der Waals surface area contributed by atoms with Gasteiger partial charge in [-0.3, -0.25) is 37.3 Å². The zero-order valence-electron chi connectivity index (χ0n) is 63.2. The average molecular weight is 1430 g/mol. The van der Waals surface area contributed by atoms with E-state index in [0.29, 0.717) is 25.7 Å². The summed E-state index contributed by atoms with van der Waals surface area (Å²) in [5.41, 5.74) is 0. The largest absolute Gasteiger partial charge is 0.472 e. The van der Waals surface area contributed by atoms with Crippen LogP contribution in [-0.2, 0) is 65.4 Å². The number of unbranched alkanes of at least 4 members (excludes halogenated alkanes) is 48.